The average Bonchev–Trinajstić information content (AvgIpc) is 3.59. The number of nitrogens with one attached hydrogen (secondary N) is 2. The number of fused-ring (bicyclic) bond motifs is 1. The van der Waals surface area contributed by atoms with Crippen LogP contribution in [0.3, 0.4) is 0 Å². The minimum atomic E-state index is 0.0153. The lowest BCUT2D eigenvalue weighted by Gasteiger charge is -2.35. The normalized spacial score (nSPS) is 16.2. The van der Waals surface area contributed by atoms with Crippen molar-refractivity contribution in [2.24, 2.45) is 5.92 Å². The molecule has 204 valence electrons. The van der Waals surface area contributed by atoms with E-state index in [9.17, 15) is 4.79 Å². The molecule has 11 heteroatoms. The lowest BCUT2D eigenvalue weighted by atomic mass is 10.1. The van der Waals surface area contributed by atoms with E-state index in [1.54, 1.807) is 0 Å². The number of anilines is 4. The second-order valence-corrected chi connectivity index (χ2v) is 10.9. The maximum Gasteiger partial charge on any atom is 0.317 e. The van der Waals surface area contributed by atoms with Crippen molar-refractivity contribution in [2.45, 2.75) is 53.0 Å². The Labute approximate surface area is 224 Å². The van der Waals surface area contributed by atoms with Crippen molar-refractivity contribution in [3.63, 3.8) is 0 Å². The Hall–Kier alpha value is -3.63. The Morgan fingerprint density at radius 2 is 1.68 bits per heavy atom. The van der Waals surface area contributed by atoms with Gasteiger partial charge in [0.05, 0.1) is 11.7 Å². The van der Waals surface area contributed by atoms with E-state index in [-0.39, 0.29) is 12.1 Å². The van der Waals surface area contributed by atoms with Crippen molar-refractivity contribution in [1.29, 1.82) is 0 Å². The van der Waals surface area contributed by atoms with Crippen LogP contribution in [0.25, 0.3) is 10.9 Å². The third-order valence-corrected chi connectivity index (χ3v) is 7.20. The van der Waals surface area contributed by atoms with Crippen molar-refractivity contribution in [3.05, 3.63) is 24.5 Å². The summed E-state index contributed by atoms with van der Waals surface area (Å²) in [5, 5.41) is 12.0. The summed E-state index contributed by atoms with van der Waals surface area (Å²) in [5.74, 6) is 3.62. The number of urea groups is 1. The maximum absolute atomic E-state index is 12.6. The van der Waals surface area contributed by atoms with E-state index >= 15 is 0 Å². The topological polar surface area (TPSA) is 107 Å². The molecule has 0 aromatic carbocycles. The van der Waals surface area contributed by atoms with Crippen LogP contribution in [0.15, 0.2) is 24.5 Å². The zero-order valence-electron chi connectivity index (χ0n) is 23.0. The molecule has 11 nitrogen and oxygen atoms in total. The predicted octanol–water partition coefficient (Wildman–Crippen LogP) is 4.02. The highest BCUT2D eigenvalue weighted by Crippen LogP contribution is 2.27. The Kier molecular flexibility index (Phi) is 7.80. The van der Waals surface area contributed by atoms with Crippen molar-refractivity contribution in [2.75, 3.05) is 60.9 Å². The second kappa shape index (κ2) is 11.4. The van der Waals surface area contributed by atoms with E-state index in [0.29, 0.717) is 50.4 Å². The summed E-state index contributed by atoms with van der Waals surface area (Å²) in [7, 11) is 0. The SMILES string of the molecule is CC(C)CCNC(=O)N1CCN(c2nc(Nc3cc4c(cn3)cnn4C(C)C)cc(N3CCCC3)n2)CC1. The van der Waals surface area contributed by atoms with Gasteiger partial charge in [-0.2, -0.15) is 15.1 Å². The number of hydrogen-bond donors (Lipinski definition) is 2. The first kappa shape index (κ1) is 26.0. The number of carbonyl (C=O) groups is 1. The Bertz CT molecular complexity index is 1240. The van der Waals surface area contributed by atoms with E-state index in [2.05, 4.69) is 58.2 Å². The molecule has 2 amide bonds. The molecule has 2 aliphatic heterocycles. The van der Waals surface area contributed by atoms with Crippen LogP contribution >= 0.6 is 0 Å². The fraction of sp³-hybridized carbons (Fsp3) is 0.593. The Morgan fingerprint density at radius 1 is 0.921 bits per heavy atom. The van der Waals surface area contributed by atoms with Gasteiger partial charge in [-0.3, -0.25) is 4.68 Å². The van der Waals surface area contributed by atoms with Gasteiger partial charge in [0.1, 0.15) is 17.5 Å². The number of amides is 2. The summed E-state index contributed by atoms with van der Waals surface area (Å²) in [6, 6.07) is 4.31. The molecule has 3 aromatic rings. The van der Waals surface area contributed by atoms with Crippen LogP contribution in [0.5, 0.6) is 0 Å². The van der Waals surface area contributed by atoms with Crippen LogP contribution in [-0.2, 0) is 0 Å². The number of hydrogen-bond acceptors (Lipinski definition) is 8. The summed E-state index contributed by atoms with van der Waals surface area (Å²) in [4.78, 5) is 33.4. The molecule has 0 atom stereocenters. The van der Waals surface area contributed by atoms with Gasteiger partial charge in [-0.05, 0) is 39.0 Å². The summed E-state index contributed by atoms with van der Waals surface area (Å²) in [5.41, 5.74) is 1.04. The third-order valence-electron chi connectivity index (χ3n) is 7.20. The third kappa shape index (κ3) is 5.92. The van der Waals surface area contributed by atoms with Crippen molar-refractivity contribution >= 4 is 40.3 Å². The summed E-state index contributed by atoms with van der Waals surface area (Å²) < 4.78 is 2.00. The molecule has 0 spiro atoms. The smallest absolute Gasteiger partial charge is 0.317 e. The minimum Gasteiger partial charge on any atom is -0.356 e. The lowest BCUT2D eigenvalue weighted by Crippen LogP contribution is -2.52. The molecule has 0 unspecified atom stereocenters. The van der Waals surface area contributed by atoms with E-state index in [1.807, 2.05) is 34.1 Å². The van der Waals surface area contributed by atoms with Gasteiger partial charge in [0.25, 0.3) is 0 Å². The first-order valence-corrected chi connectivity index (χ1v) is 13.9. The molecule has 0 aliphatic carbocycles. The molecule has 0 bridgehead atoms. The standard InChI is InChI=1S/C27H40N10O/c1-19(2)7-8-28-27(38)36-13-11-35(12-14-36)26-32-24(16-25(33-26)34-9-5-6-10-34)31-23-15-22-21(17-29-23)18-30-37(22)20(3)4/h15-20H,5-14H2,1-4H3,(H,28,38)(H,29,31,32,33). The van der Waals surface area contributed by atoms with Crippen LogP contribution in [-0.4, -0.2) is 81.5 Å². The van der Waals surface area contributed by atoms with Crippen LogP contribution < -0.4 is 20.4 Å². The van der Waals surface area contributed by atoms with E-state index < -0.39 is 0 Å². The fourth-order valence-electron chi connectivity index (χ4n) is 4.98. The Morgan fingerprint density at radius 3 is 2.39 bits per heavy atom. The molecule has 5 rings (SSSR count). The van der Waals surface area contributed by atoms with Crippen molar-refractivity contribution in [3.8, 4) is 0 Å². The van der Waals surface area contributed by atoms with Crippen LogP contribution in [0.1, 0.15) is 53.0 Å². The van der Waals surface area contributed by atoms with Crippen LogP contribution in [0.4, 0.5) is 28.2 Å². The number of nitrogens with zero attached hydrogens (tertiary/aromatic N) is 8. The van der Waals surface area contributed by atoms with Gasteiger partial charge in [0, 0.05) is 75.6 Å². The molecule has 38 heavy (non-hydrogen) atoms. The number of aromatic nitrogens is 5. The van der Waals surface area contributed by atoms with Gasteiger partial charge in [0.2, 0.25) is 5.95 Å². The van der Waals surface area contributed by atoms with Gasteiger partial charge < -0.3 is 25.3 Å². The Balaban J connectivity index is 1.33. The van der Waals surface area contributed by atoms with Crippen molar-refractivity contribution in [1.82, 2.24) is 34.9 Å². The summed E-state index contributed by atoms with van der Waals surface area (Å²) >= 11 is 0. The van der Waals surface area contributed by atoms with E-state index in [4.69, 9.17) is 9.97 Å². The van der Waals surface area contributed by atoms with Gasteiger partial charge in [-0.25, -0.2) is 9.78 Å². The molecule has 2 saturated heterocycles. The molecular weight excluding hydrogens is 480 g/mol. The number of carbonyl (C=O) groups excluding carboxylic acids is 1. The molecule has 2 N–H and O–H groups in total. The van der Waals surface area contributed by atoms with Gasteiger partial charge in [-0.1, -0.05) is 13.8 Å². The van der Waals surface area contributed by atoms with Crippen LogP contribution in [0.2, 0.25) is 0 Å². The number of rotatable bonds is 8. The molecule has 0 saturated carbocycles. The predicted molar refractivity (Wildman–Crippen MR) is 151 cm³/mol. The van der Waals surface area contributed by atoms with E-state index in [1.165, 1.54) is 12.8 Å². The van der Waals surface area contributed by atoms with Gasteiger partial charge in [-0.15, -0.1) is 0 Å². The largest absolute Gasteiger partial charge is 0.356 e. The molecule has 3 aromatic heterocycles. The number of pyridine rings is 1. The fourth-order valence-corrected chi connectivity index (χ4v) is 4.98. The highest BCUT2D eigenvalue weighted by Gasteiger charge is 2.24. The zero-order chi connectivity index (χ0) is 26.6. The highest BCUT2D eigenvalue weighted by molar-refractivity contribution is 5.81. The molecule has 2 fully saturated rings. The van der Waals surface area contributed by atoms with E-state index in [0.717, 1.165) is 42.0 Å². The number of piperazine rings is 1. The summed E-state index contributed by atoms with van der Waals surface area (Å²) in [6.45, 7) is 14.0. The monoisotopic (exact) mass is 520 g/mol. The lowest BCUT2D eigenvalue weighted by molar-refractivity contribution is 0.193. The molecule has 0 radical (unpaired) electrons. The quantitative estimate of drug-likeness (QED) is 0.459. The second-order valence-electron chi connectivity index (χ2n) is 10.9. The van der Waals surface area contributed by atoms with Gasteiger partial charge in [0.15, 0.2) is 0 Å². The molecule has 5 heterocycles. The molecular formula is C27H40N10O. The first-order chi connectivity index (χ1) is 18.4. The molecule has 2 aliphatic rings. The maximum atomic E-state index is 12.6. The van der Waals surface area contributed by atoms with Gasteiger partial charge >= 0.3 is 6.03 Å². The summed E-state index contributed by atoms with van der Waals surface area (Å²) in [6.07, 6.45) is 7.03. The first-order valence-electron chi connectivity index (χ1n) is 13.9. The highest BCUT2D eigenvalue weighted by atomic mass is 16.2. The average molecular weight is 521 g/mol. The van der Waals surface area contributed by atoms with Crippen LogP contribution in [0, 0.1) is 5.92 Å². The zero-order valence-corrected chi connectivity index (χ0v) is 23.0. The van der Waals surface area contributed by atoms with Crippen molar-refractivity contribution < 1.29 is 4.79 Å². The minimum absolute atomic E-state index is 0.0153.